The number of hydrogen-bond donors (Lipinski definition) is 3. The van der Waals surface area contributed by atoms with Crippen molar-refractivity contribution in [1.29, 1.82) is 0 Å². The molecule has 1 aromatic carbocycles. The van der Waals surface area contributed by atoms with Gasteiger partial charge in [0.05, 0.1) is 5.56 Å². The summed E-state index contributed by atoms with van der Waals surface area (Å²) in [5.74, 6) is -0.120. The van der Waals surface area contributed by atoms with Crippen LogP contribution in [0.15, 0.2) is 24.3 Å². The highest BCUT2D eigenvalue weighted by Crippen LogP contribution is 2.09. The minimum Gasteiger partial charge on any atom is -0.398 e. The van der Waals surface area contributed by atoms with E-state index in [4.69, 9.17) is 11.5 Å². The topological polar surface area (TPSA) is 81.1 Å². The minimum absolute atomic E-state index is 0.120. The van der Waals surface area contributed by atoms with E-state index in [1.807, 2.05) is 0 Å². The molecular weight excluding hydrogens is 190 g/mol. The van der Waals surface area contributed by atoms with Gasteiger partial charge in [-0.25, -0.2) is 0 Å². The molecule has 0 heterocycles. The molecule has 1 rings (SSSR count). The third-order valence-corrected chi connectivity index (χ3v) is 2.12. The van der Waals surface area contributed by atoms with Crippen LogP contribution in [0.3, 0.4) is 0 Å². The van der Waals surface area contributed by atoms with Crippen LogP contribution in [-0.2, 0) is 0 Å². The molecule has 5 N–H and O–H groups in total. The van der Waals surface area contributed by atoms with Crippen LogP contribution in [0, 0.1) is 0 Å². The lowest BCUT2D eigenvalue weighted by Gasteiger charge is -2.06. The number of unbranched alkanes of at least 4 members (excludes halogenated alkanes) is 1. The number of amides is 1. The van der Waals surface area contributed by atoms with Gasteiger partial charge in [0.15, 0.2) is 0 Å². The molecule has 0 saturated carbocycles. The number of hydrogen-bond acceptors (Lipinski definition) is 3. The molecule has 0 aliphatic carbocycles. The number of rotatable bonds is 5. The second kappa shape index (κ2) is 6.03. The fourth-order valence-electron chi connectivity index (χ4n) is 1.27. The van der Waals surface area contributed by atoms with E-state index >= 15 is 0 Å². The van der Waals surface area contributed by atoms with E-state index in [0.29, 0.717) is 24.3 Å². The summed E-state index contributed by atoms with van der Waals surface area (Å²) >= 11 is 0. The molecule has 0 atom stereocenters. The summed E-state index contributed by atoms with van der Waals surface area (Å²) in [6.45, 7) is 1.30. The van der Waals surface area contributed by atoms with Crippen molar-refractivity contribution in [3.8, 4) is 0 Å². The minimum atomic E-state index is -0.120. The molecule has 0 aliphatic heterocycles. The van der Waals surface area contributed by atoms with Gasteiger partial charge in [0, 0.05) is 12.2 Å². The van der Waals surface area contributed by atoms with Gasteiger partial charge in [-0.2, -0.15) is 0 Å². The summed E-state index contributed by atoms with van der Waals surface area (Å²) in [6.07, 6.45) is 1.82. The highest BCUT2D eigenvalue weighted by atomic mass is 16.1. The Kier molecular flexibility index (Phi) is 4.63. The molecule has 0 bridgehead atoms. The van der Waals surface area contributed by atoms with Crippen molar-refractivity contribution in [3.63, 3.8) is 0 Å². The molecule has 0 aromatic heterocycles. The maximum atomic E-state index is 11.6. The number of para-hydroxylation sites is 1. The standard InChI is InChI=1S/C11H17N3O/c12-7-3-4-8-14-11(15)9-5-1-2-6-10(9)13/h1-2,5-6H,3-4,7-8,12-13H2,(H,14,15). The van der Waals surface area contributed by atoms with Crippen LogP contribution in [0.5, 0.6) is 0 Å². The SMILES string of the molecule is NCCCCNC(=O)c1ccccc1N. The molecule has 0 radical (unpaired) electrons. The van der Waals surface area contributed by atoms with Gasteiger partial charge in [-0.1, -0.05) is 12.1 Å². The van der Waals surface area contributed by atoms with Crippen molar-refractivity contribution < 1.29 is 4.79 Å². The van der Waals surface area contributed by atoms with E-state index in [2.05, 4.69) is 5.32 Å². The summed E-state index contributed by atoms with van der Waals surface area (Å²) in [5.41, 5.74) is 12.1. The second-order valence-corrected chi connectivity index (χ2v) is 3.34. The zero-order valence-corrected chi connectivity index (χ0v) is 8.70. The van der Waals surface area contributed by atoms with E-state index in [1.54, 1.807) is 24.3 Å². The lowest BCUT2D eigenvalue weighted by atomic mass is 10.1. The molecule has 1 aromatic rings. The van der Waals surface area contributed by atoms with Crippen LogP contribution < -0.4 is 16.8 Å². The molecule has 82 valence electrons. The lowest BCUT2D eigenvalue weighted by Crippen LogP contribution is -2.25. The Labute approximate surface area is 89.6 Å². The monoisotopic (exact) mass is 207 g/mol. The maximum Gasteiger partial charge on any atom is 0.253 e. The van der Waals surface area contributed by atoms with Crippen molar-refractivity contribution in [3.05, 3.63) is 29.8 Å². The summed E-state index contributed by atoms with van der Waals surface area (Å²) in [4.78, 5) is 11.6. The van der Waals surface area contributed by atoms with E-state index in [0.717, 1.165) is 12.8 Å². The average molecular weight is 207 g/mol. The number of benzene rings is 1. The molecule has 15 heavy (non-hydrogen) atoms. The maximum absolute atomic E-state index is 11.6. The molecule has 0 fully saturated rings. The zero-order valence-electron chi connectivity index (χ0n) is 8.70. The van der Waals surface area contributed by atoms with Gasteiger partial charge in [-0.05, 0) is 31.5 Å². The van der Waals surface area contributed by atoms with E-state index in [1.165, 1.54) is 0 Å². The van der Waals surface area contributed by atoms with Crippen LogP contribution in [0.2, 0.25) is 0 Å². The smallest absolute Gasteiger partial charge is 0.253 e. The summed E-state index contributed by atoms with van der Waals surface area (Å²) < 4.78 is 0. The van der Waals surface area contributed by atoms with Gasteiger partial charge < -0.3 is 16.8 Å². The number of anilines is 1. The fourth-order valence-corrected chi connectivity index (χ4v) is 1.27. The summed E-state index contributed by atoms with van der Waals surface area (Å²) in [5, 5.41) is 2.80. The number of nitrogens with one attached hydrogen (secondary N) is 1. The van der Waals surface area contributed by atoms with Gasteiger partial charge in [0.25, 0.3) is 5.91 Å². The van der Waals surface area contributed by atoms with Gasteiger partial charge >= 0.3 is 0 Å². The third-order valence-electron chi connectivity index (χ3n) is 2.12. The largest absolute Gasteiger partial charge is 0.398 e. The van der Waals surface area contributed by atoms with Gasteiger partial charge in [0.1, 0.15) is 0 Å². The summed E-state index contributed by atoms with van der Waals surface area (Å²) in [7, 11) is 0. The molecule has 4 heteroatoms. The molecule has 0 aliphatic rings. The first kappa shape index (κ1) is 11.5. The van der Waals surface area contributed by atoms with Crippen LogP contribution in [0.25, 0.3) is 0 Å². The quantitative estimate of drug-likeness (QED) is 0.492. The van der Waals surface area contributed by atoms with Crippen LogP contribution in [-0.4, -0.2) is 19.0 Å². The van der Waals surface area contributed by atoms with Crippen molar-refractivity contribution in [1.82, 2.24) is 5.32 Å². The first-order valence-corrected chi connectivity index (χ1v) is 5.08. The Morgan fingerprint density at radius 1 is 1.27 bits per heavy atom. The number of nitrogens with two attached hydrogens (primary N) is 2. The Hall–Kier alpha value is -1.55. The zero-order chi connectivity index (χ0) is 11.1. The highest BCUT2D eigenvalue weighted by Gasteiger charge is 2.06. The predicted molar refractivity (Wildman–Crippen MR) is 61.5 cm³/mol. The Bertz CT molecular complexity index is 325. The van der Waals surface area contributed by atoms with Crippen molar-refractivity contribution in [2.75, 3.05) is 18.8 Å². The normalized spacial score (nSPS) is 9.93. The number of nitrogen functional groups attached to an aromatic ring is 1. The first-order chi connectivity index (χ1) is 7.25. The number of carbonyl (C=O) groups excluding carboxylic acids is 1. The highest BCUT2D eigenvalue weighted by molar-refractivity contribution is 5.98. The van der Waals surface area contributed by atoms with Gasteiger partial charge in [0.2, 0.25) is 0 Å². The predicted octanol–water partition coefficient (Wildman–Crippen LogP) is 0.738. The average Bonchev–Trinajstić information content (AvgIpc) is 2.25. The van der Waals surface area contributed by atoms with Crippen molar-refractivity contribution >= 4 is 11.6 Å². The van der Waals surface area contributed by atoms with E-state index < -0.39 is 0 Å². The molecule has 0 spiro atoms. The summed E-state index contributed by atoms with van der Waals surface area (Å²) in [6, 6.07) is 7.04. The second-order valence-electron chi connectivity index (χ2n) is 3.34. The molecule has 4 nitrogen and oxygen atoms in total. The Morgan fingerprint density at radius 3 is 2.67 bits per heavy atom. The lowest BCUT2D eigenvalue weighted by molar-refractivity contribution is 0.0954. The van der Waals surface area contributed by atoms with Gasteiger partial charge in [-0.3, -0.25) is 4.79 Å². The fraction of sp³-hybridized carbons (Fsp3) is 0.364. The number of carbonyl (C=O) groups is 1. The Morgan fingerprint density at radius 2 is 2.00 bits per heavy atom. The van der Waals surface area contributed by atoms with E-state index in [-0.39, 0.29) is 5.91 Å². The third kappa shape index (κ3) is 3.59. The van der Waals surface area contributed by atoms with Crippen LogP contribution in [0.4, 0.5) is 5.69 Å². The van der Waals surface area contributed by atoms with Crippen LogP contribution in [0.1, 0.15) is 23.2 Å². The molecular formula is C11H17N3O. The Balaban J connectivity index is 2.44. The van der Waals surface area contributed by atoms with Crippen LogP contribution >= 0.6 is 0 Å². The molecule has 0 unspecified atom stereocenters. The first-order valence-electron chi connectivity index (χ1n) is 5.08. The molecule has 1 amide bonds. The van der Waals surface area contributed by atoms with Crippen molar-refractivity contribution in [2.45, 2.75) is 12.8 Å². The van der Waals surface area contributed by atoms with Crippen molar-refractivity contribution in [2.24, 2.45) is 5.73 Å². The van der Waals surface area contributed by atoms with Gasteiger partial charge in [-0.15, -0.1) is 0 Å². The molecule has 0 saturated heterocycles. The van der Waals surface area contributed by atoms with E-state index in [9.17, 15) is 4.79 Å².